The second kappa shape index (κ2) is 9.40. The maximum absolute atomic E-state index is 12.0. The van der Waals surface area contributed by atoms with Crippen molar-refractivity contribution in [3.63, 3.8) is 0 Å². The predicted octanol–water partition coefficient (Wildman–Crippen LogP) is 4.42. The lowest BCUT2D eigenvalue weighted by atomic mass is 10.2. The molecule has 1 heterocycles. The molecule has 0 atom stereocenters. The molecule has 0 fully saturated rings. The Morgan fingerprint density at radius 1 is 1.28 bits per heavy atom. The van der Waals surface area contributed by atoms with Gasteiger partial charge in [-0.3, -0.25) is 9.59 Å². The van der Waals surface area contributed by atoms with Crippen molar-refractivity contribution in [3.8, 4) is 0 Å². The summed E-state index contributed by atoms with van der Waals surface area (Å²) in [5.74, 6) is -0.411. The van der Waals surface area contributed by atoms with Crippen molar-refractivity contribution in [1.82, 2.24) is 4.90 Å². The van der Waals surface area contributed by atoms with Crippen LogP contribution in [0.1, 0.15) is 16.7 Å². The Labute approximate surface area is 164 Å². The Hall–Kier alpha value is -1.31. The van der Waals surface area contributed by atoms with E-state index >= 15 is 0 Å². The first-order valence-corrected chi connectivity index (χ1v) is 10.4. The number of aryl methyl sites for hydroxylation is 2. The van der Waals surface area contributed by atoms with Crippen LogP contribution in [0.3, 0.4) is 0 Å². The van der Waals surface area contributed by atoms with Crippen molar-refractivity contribution in [1.29, 1.82) is 0 Å². The van der Waals surface area contributed by atoms with Crippen LogP contribution in [-0.4, -0.2) is 36.2 Å². The monoisotopic (exact) mass is 441 g/mol. The van der Waals surface area contributed by atoms with Gasteiger partial charge in [0.25, 0.3) is 5.91 Å². The van der Waals surface area contributed by atoms with E-state index in [0.717, 1.165) is 26.1 Å². The summed E-state index contributed by atoms with van der Waals surface area (Å²) in [5.41, 5.74) is 3.29. The lowest BCUT2D eigenvalue weighted by Gasteiger charge is -2.16. The first-order chi connectivity index (χ1) is 11.9. The van der Waals surface area contributed by atoms with E-state index in [1.807, 2.05) is 42.8 Å². The lowest BCUT2D eigenvalue weighted by Crippen LogP contribution is -2.30. The van der Waals surface area contributed by atoms with Crippen molar-refractivity contribution < 1.29 is 14.3 Å². The lowest BCUT2D eigenvalue weighted by molar-refractivity contribution is -0.149. The third kappa shape index (κ3) is 6.17. The molecule has 0 radical (unpaired) electrons. The number of thioether (sulfide) groups is 1. The number of nitrogens with zero attached hydrogens (tertiary/aromatic N) is 1. The summed E-state index contributed by atoms with van der Waals surface area (Å²) in [5, 5.41) is 3.96. The normalized spacial score (nSPS) is 10.6. The van der Waals surface area contributed by atoms with Crippen molar-refractivity contribution in [3.05, 3.63) is 50.1 Å². The average Bonchev–Trinajstić information content (AvgIpc) is 3.07. The van der Waals surface area contributed by atoms with Crippen LogP contribution in [0.4, 0.5) is 0 Å². The number of benzene rings is 1. The van der Waals surface area contributed by atoms with E-state index in [0.29, 0.717) is 6.54 Å². The van der Waals surface area contributed by atoms with E-state index < -0.39 is 0 Å². The van der Waals surface area contributed by atoms with Gasteiger partial charge in [-0.2, -0.15) is 11.3 Å². The zero-order valence-corrected chi connectivity index (χ0v) is 17.6. The van der Waals surface area contributed by atoms with Crippen LogP contribution in [-0.2, 0) is 20.9 Å². The molecular weight excluding hydrogens is 422 g/mol. The van der Waals surface area contributed by atoms with E-state index in [4.69, 9.17) is 4.74 Å². The summed E-state index contributed by atoms with van der Waals surface area (Å²) < 4.78 is 6.15. The quantitative estimate of drug-likeness (QED) is 0.471. The minimum absolute atomic E-state index is 0.184. The molecule has 4 nitrogen and oxygen atoms in total. The fourth-order valence-electron chi connectivity index (χ4n) is 2.09. The van der Waals surface area contributed by atoms with Gasteiger partial charge in [-0.1, -0.05) is 15.9 Å². The van der Waals surface area contributed by atoms with Gasteiger partial charge in [0, 0.05) is 23.0 Å². The summed E-state index contributed by atoms with van der Waals surface area (Å²) >= 11 is 6.51. The highest BCUT2D eigenvalue weighted by molar-refractivity contribution is 9.10. The molecule has 0 saturated heterocycles. The molecule has 0 bridgehead atoms. The molecule has 0 unspecified atom stereocenters. The smallest absolute Gasteiger partial charge is 0.316 e. The fraction of sp³-hybridized carbons (Fsp3) is 0.333. The summed E-state index contributed by atoms with van der Waals surface area (Å²) in [4.78, 5) is 26.5. The third-order valence-electron chi connectivity index (χ3n) is 3.58. The van der Waals surface area contributed by atoms with Crippen LogP contribution in [0.25, 0.3) is 0 Å². The zero-order chi connectivity index (χ0) is 18.4. The van der Waals surface area contributed by atoms with Crippen molar-refractivity contribution in [2.24, 2.45) is 0 Å². The largest absolute Gasteiger partial charge is 0.455 e. The number of amides is 1. The number of likely N-dealkylation sites (N-methyl/N-ethyl adjacent to an activating group) is 1. The second-order valence-corrected chi connectivity index (χ2v) is 8.35. The SMILES string of the molecule is Cc1cc(SCC(=O)OCC(=O)N(C)Cc2ccsc2)c(C)cc1Br. The standard InChI is InChI=1S/C18H20BrNO3S2/c1-12-7-16(13(2)6-15(12)19)25-11-18(22)23-9-17(21)20(3)8-14-4-5-24-10-14/h4-7,10H,8-9,11H2,1-3H3. The Morgan fingerprint density at radius 3 is 2.72 bits per heavy atom. The van der Waals surface area contributed by atoms with Gasteiger partial charge < -0.3 is 9.64 Å². The van der Waals surface area contributed by atoms with Gasteiger partial charge >= 0.3 is 5.97 Å². The highest BCUT2D eigenvalue weighted by Gasteiger charge is 2.13. The highest BCUT2D eigenvalue weighted by Crippen LogP contribution is 2.28. The Balaban J connectivity index is 1.77. The van der Waals surface area contributed by atoms with E-state index in [-0.39, 0.29) is 24.2 Å². The first kappa shape index (κ1) is 20.0. The molecule has 1 amide bonds. The number of rotatable bonds is 7. The van der Waals surface area contributed by atoms with Crippen LogP contribution in [0.15, 0.2) is 38.3 Å². The number of thiophene rings is 1. The summed E-state index contributed by atoms with van der Waals surface area (Å²) in [6, 6.07) is 6.04. The second-order valence-electron chi connectivity index (χ2n) is 5.70. The fourth-order valence-corrected chi connectivity index (χ4v) is 4.11. The summed E-state index contributed by atoms with van der Waals surface area (Å²) in [7, 11) is 1.70. The number of hydrogen-bond donors (Lipinski definition) is 0. The van der Waals surface area contributed by atoms with Gasteiger partial charge in [-0.25, -0.2) is 0 Å². The number of halogens is 1. The molecule has 134 valence electrons. The number of ether oxygens (including phenoxy) is 1. The van der Waals surface area contributed by atoms with E-state index in [1.165, 1.54) is 11.8 Å². The van der Waals surface area contributed by atoms with Crippen LogP contribution in [0.5, 0.6) is 0 Å². The molecule has 7 heteroatoms. The van der Waals surface area contributed by atoms with Crippen LogP contribution >= 0.6 is 39.0 Å². The molecule has 0 aliphatic rings. The van der Waals surface area contributed by atoms with Crippen LogP contribution < -0.4 is 0 Å². The van der Waals surface area contributed by atoms with Gasteiger partial charge in [0.05, 0.1) is 5.75 Å². The van der Waals surface area contributed by atoms with Crippen LogP contribution in [0.2, 0.25) is 0 Å². The van der Waals surface area contributed by atoms with Gasteiger partial charge in [-0.05, 0) is 59.5 Å². The zero-order valence-electron chi connectivity index (χ0n) is 14.4. The Bertz CT molecular complexity index is 747. The van der Waals surface area contributed by atoms with Gasteiger partial charge in [0.2, 0.25) is 0 Å². The minimum Gasteiger partial charge on any atom is -0.455 e. The number of carbonyl (C=O) groups is 2. The maximum Gasteiger partial charge on any atom is 0.316 e. The molecule has 2 rings (SSSR count). The summed E-state index contributed by atoms with van der Waals surface area (Å²) in [6.07, 6.45) is 0. The molecule has 0 N–H and O–H groups in total. The third-order valence-corrected chi connectivity index (χ3v) is 6.30. The molecular formula is C18H20BrNO3S2. The number of hydrogen-bond acceptors (Lipinski definition) is 5. The highest BCUT2D eigenvalue weighted by atomic mass is 79.9. The van der Waals surface area contributed by atoms with E-state index in [2.05, 4.69) is 15.9 Å². The van der Waals surface area contributed by atoms with Gasteiger partial charge in [0.1, 0.15) is 0 Å². The molecule has 0 aliphatic carbocycles. The minimum atomic E-state index is -0.387. The number of esters is 1. The topological polar surface area (TPSA) is 46.6 Å². The predicted molar refractivity (Wildman–Crippen MR) is 106 cm³/mol. The maximum atomic E-state index is 12.0. The molecule has 0 spiro atoms. The molecule has 25 heavy (non-hydrogen) atoms. The molecule has 0 saturated carbocycles. The van der Waals surface area contributed by atoms with Crippen molar-refractivity contribution in [2.75, 3.05) is 19.4 Å². The molecule has 2 aromatic rings. The Kier molecular flexibility index (Phi) is 7.53. The van der Waals surface area contributed by atoms with Crippen molar-refractivity contribution in [2.45, 2.75) is 25.3 Å². The van der Waals surface area contributed by atoms with Gasteiger partial charge in [0.15, 0.2) is 6.61 Å². The van der Waals surface area contributed by atoms with Crippen molar-refractivity contribution >= 4 is 50.9 Å². The first-order valence-electron chi connectivity index (χ1n) is 7.67. The van der Waals surface area contributed by atoms with Crippen LogP contribution in [0, 0.1) is 13.8 Å². The summed E-state index contributed by atoms with van der Waals surface area (Å²) in [6.45, 7) is 4.30. The van der Waals surface area contributed by atoms with Gasteiger partial charge in [-0.15, -0.1) is 11.8 Å². The van der Waals surface area contributed by atoms with E-state index in [9.17, 15) is 9.59 Å². The Morgan fingerprint density at radius 2 is 2.04 bits per heavy atom. The average molecular weight is 442 g/mol. The van der Waals surface area contributed by atoms with E-state index in [1.54, 1.807) is 23.3 Å². The molecule has 1 aromatic heterocycles. The number of carbonyl (C=O) groups excluding carboxylic acids is 2. The molecule has 0 aliphatic heterocycles. The molecule has 1 aromatic carbocycles.